The molecule has 30 heavy (non-hydrogen) atoms. The van der Waals surface area contributed by atoms with E-state index >= 15 is 0 Å². The first-order chi connectivity index (χ1) is 14.3. The Balaban J connectivity index is 1.71. The topological polar surface area (TPSA) is 56.7 Å². The van der Waals surface area contributed by atoms with Gasteiger partial charge in [0.2, 0.25) is 0 Å². The fraction of sp³-hybridized carbons (Fsp3) is 0.500. The van der Waals surface area contributed by atoms with Gasteiger partial charge in [0.15, 0.2) is 0 Å². The maximum atomic E-state index is 11.6. The number of aromatic nitrogens is 1. The second kappa shape index (κ2) is 9.80. The fourth-order valence-electron chi connectivity index (χ4n) is 4.76. The largest absolute Gasteiger partial charge is 0.478 e. The van der Waals surface area contributed by atoms with Gasteiger partial charge in [-0.05, 0) is 82.8 Å². The van der Waals surface area contributed by atoms with Crippen LogP contribution in [-0.4, -0.2) is 46.6 Å². The summed E-state index contributed by atoms with van der Waals surface area (Å²) in [6.45, 7) is 7.08. The number of pyridine rings is 1. The molecule has 6 heteroatoms. The molecule has 0 amide bonds. The number of anilines is 1. The molecular weight excluding hydrogens is 398 g/mol. The Kier molecular flexibility index (Phi) is 7.37. The van der Waals surface area contributed by atoms with E-state index in [2.05, 4.69) is 41.7 Å². The van der Waals surface area contributed by atoms with E-state index in [1.54, 1.807) is 6.07 Å². The lowest BCUT2D eigenvalue weighted by molar-refractivity contribution is 0.0696. The second-order valence-corrected chi connectivity index (χ2v) is 8.72. The molecular formula is C24H32ClN3O2. The lowest BCUT2D eigenvalue weighted by Crippen LogP contribution is -2.44. The Morgan fingerprint density at radius 2 is 1.93 bits per heavy atom. The van der Waals surface area contributed by atoms with Crippen molar-refractivity contribution in [3.63, 3.8) is 0 Å². The van der Waals surface area contributed by atoms with Crippen LogP contribution >= 0.6 is 11.6 Å². The Bertz CT molecular complexity index is 866. The van der Waals surface area contributed by atoms with Gasteiger partial charge in [0.05, 0.1) is 5.56 Å². The predicted octanol–water partition coefficient (Wildman–Crippen LogP) is 5.57. The van der Waals surface area contributed by atoms with Crippen molar-refractivity contribution in [3.05, 3.63) is 58.4 Å². The molecule has 2 aromatic rings. The molecule has 1 aliphatic rings. The van der Waals surface area contributed by atoms with E-state index in [1.807, 2.05) is 31.5 Å². The Labute approximate surface area is 184 Å². The molecule has 1 unspecified atom stereocenters. The van der Waals surface area contributed by atoms with Crippen LogP contribution in [0.15, 0.2) is 36.7 Å². The third-order valence-corrected chi connectivity index (χ3v) is 6.90. The minimum Gasteiger partial charge on any atom is -0.478 e. The third kappa shape index (κ3) is 4.79. The van der Waals surface area contributed by atoms with Gasteiger partial charge in [-0.15, -0.1) is 0 Å². The van der Waals surface area contributed by atoms with Crippen molar-refractivity contribution in [2.75, 3.05) is 18.5 Å². The minimum atomic E-state index is -0.929. The summed E-state index contributed by atoms with van der Waals surface area (Å²) in [5.74, 6) is -0.929. The first kappa shape index (κ1) is 22.6. The van der Waals surface area contributed by atoms with Gasteiger partial charge < -0.3 is 10.0 Å². The van der Waals surface area contributed by atoms with Crippen LogP contribution in [0.25, 0.3) is 0 Å². The first-order valence-corrected chi connectivity index (χ1v) is 11.1. The zero-order valence-corrected chi connectivity index (χ0v) is 19.1. The fourth-order valence-corrected chi connectivity index (χ4v) is 4.97. The van der Waals surface area contributed by atoms with Crippen LogP contribution in [-0.2, 0) is 0 Å². The average Bonchev–Trinajstić information content (AvgIpc) is 2.76. The number of carboxylic acid groups (broad SMARTS) is 1. The van der Waals surface area contributed by atoms with E-state index in [4.69, 9.17) is 11.6 Å². The molecule has 5 nitrogen and oxygen atoms in total. The Morgan fingerprint density at radius 1 is 1.27 bits per heavy atom. The van der Waals surface area contributed by atoms with Crippen molar-refractivity contribution < 1.29 is 9.90 Å². The molecule has 0 aliphatic heterocycles. The highest BCUT2D eigenvalue weighted by Crippen LogP contribution is 2.35. The van der Waals surface area contributed by atoms with Crippen LogP contribution in [0.2, 0.25) is 5.02 Å². The molecule has 1 aromatic heterocycles. The molecule has 0 spiro atoms. The number of hydrogen-bond donors (Lipinski definition) is 1. The molecule has 0 bridgehead atoms. The van der Waals surface area contributed by atoms with Crippen molar-refractivity contribution in [1.82, 2.24) is 9.88 Å². The number of halogens is 1. The van der Waals surface area contributed by atoms with Crippen molar-refractivity contribution in [2.45, 2.75) is 64.6 Å². The van der Waals surface area contributed by atoms with Gasteiger partial charge in [-0.2, -0.15) is 0 Å². The van der Waals surface area contributed by atoms with Gasteiger partial charge in [-0.3, -0.25) is 9.88 Å². The zero-order valence-electron chi connectivity index (χ0n) is 18.3. The summed E-state index contributed by atoms with van der Waals surface area (Å²) in [4.78, 5) is 20.7. The number of nitrogens with zero attached hydrogens (tertiary/aromatic N) is 3. The Morgan fingerprint density at radius 3 is 2.50 bits per heavy atom. The van der Waals surface area contributed by atoms with Gasteiger partial charge in [-0.1, -0.05) is 17.7 Å². The van der Waals surface area contributed by atoms with Crippen molar-refractivity contribution >= 4 is 23.3 Å². The molecule has 0 saturated heterocycles. The van der Waals surface area contributed by atoms with Gasteiger partial charge >= 0.3 is 5.97 Å². The predicted molar refractivity (Wildman–Crippen MR) is 123 cm³/mol. The number of rotatable bonds is 7. The van der Waals surface area contributed by atoms with E-state index in [9.17, 15) is 9.90 Å². The summed E-state index contributed by atoms with van der Waals surface area (Å²) in [7, 11) is 2.21. The van der Waals surface area contributed by atoms with Gasteiger partial charge in [0, 0.05) is 47.8 Å². The van der Waals surface area contributed by atoms with Crippen molar-refractivity contribution in [2.24, 2.45) is 0 Å². The smallest absolute Gasteiger partial charge is 0.336 e. The van der Waals surface area contributed by atoms with Gasteiger partial charge in [-0.25, -0.2) is 4.79 Å². The lowest BCUT2D eigenvalue weighted by atomic mass is 9.87. The molecule has 0 radical (unpaired) electrons. The zero-order chi connectivity index (χ0) is 21.8. The summed E-state index contributed by atoms with van der Waals surface area (Å²) in [6.07, 6.45) is 8.16. The maximum Gasteiger partial charge on any atom is 0.336 e. The molecule has 1 aromatic carbocycles. The van der Waals surface area contributed by atoms with Crippen LogP contribution < -0.4 is 4.90 Å². The molecule has 1 atom stereocenters. The molecule has 1 fully saturated rings. The first-order valence-electron chi connectivity index (χ1n) is 10.7. The molecule has 1 heterocycles. The quantitative estimate of drug-likeness (QED) is 0.623. The monoisotopic (exact) mass is 429 g/mol. The van der Waals surface area contributed by atoms with Crippen LogP contribution in [0.1, 0.15) is 67.1 Å². The molecule has 1 N–H and O–H groups in total. The number of benzene rings is 1. The maximum absolute atomic E-state index is 11.6. The average molecular weight is 430 g/mol. The van der Waals surface area contributed by atoms with Crippen molar-refractivity contribution in [1.29, 1.82) is 0 Å². The standard InChI is InChI=1S/C24H32ClN3O2/c1-5-28(23-14-19(25)13-22(16(23)2)24(29)30)21-10-8-20(9-11-21)27(4)17(3)18-7-6-12-26-15-18/h6-7,12-15,17,20-21H,5,8-11H2,1-4H3,(H,29,30). The summed E-state index contributed by atoms with van der Waals surface area (Å²) in [5, 5.41) is 10.0. The van der Waals surface area contributed by atoms with Crippen LogP contribution in [0.4, 0.5) is 5.69 Å². The van der Waals surface area contributed by atoms with Crippen LogP contribution in [0.5, 0.6) is 0 Å². The van der Waals surface area contributed by atoms with Crippen LogP contribution in [0, 0.1) is 6.92 Å². The second-order valence-electron chi connectivity index (χ2n) is 8.28. The normalized spacial score (nSPS) is 20.2. The molecule has 1 aliphatic carbocycles. The SMILES string of the molecule is CCN(c1cc(Cl)cc(C(=O)O)c1C)C1CCC(N(C)C(C)c2cccnc2)CC1. The molecule has 1 saturated carbocycles. The van der Waals surface area contributed by atoms with E-state index in [0.717, 1.165) is 43.5 Å². The number of aromatic carboxylic acids is 1. The highest BCUT2D eigenvalue weighted by molar-refractivity contribution is 6.31. The van der Waals surface area contributed by atoms with E-state index < -0.39 is 5.97 Å². The minimum absolute atomic E-state index is 0.287. The van der Waals surface area contributed by atoms with E-state index in [1.165, 1.54) is 5.56 Å². The van der Waals surface area contributed by atoms with Crippen LogP contribution in [0.3, 0.4) is 0 Å². The van der Waals surface area contributed by atoms with Crippen molar-refractivity contribution in [3.8, 4) is 0 Å². The Hall–Kier alpha value is -2.11. The highest BCUT2D eigenvalue weighted by Gasteiger charge is 2.30. The summed E-state index contributed by atoms with van der Waals surface area (Å²) < 4.78 is 0. The van der Waals surface area contributed by atoms with Gasteiger partial charge in [0.1, 0.15) is 0 Å². The summed E-state index contributed by atoms with van der Waals surface area (Å²) >= 11 is 6.26. The van der Waals surface area contributed by atoms with E-state index in [-0.39, 0.29) is 5.56 Å². The molecule has 3 rings (SSSR count). The van der Waals surface area contributed by atoms with Gasteiger partial charge in [0.25, 0.3) is 0 Å². The number of hydrogen-bond acceptors (Lipinski definition) is 4. The third-order valence-electron chi connectivity index (χ3n) is 6.69. The summed E-state index contributed by atoms with van der Waals surface area (Å²) in [6, 6.07) is 8.85. The number of carbonyl (C=O) groups is 1. The number of carboxylic acids is 1. The molecule has 162 valence electrons. The highest BCUT2D eigenvalue weighted by atomic mass is 35.5. The lowest BCUT2D eigenvalue weighted by Gasteiger charge is -2.42. The van der Waals surface area contributed by atoms with E-state index in [0.29, 0.717) is 23.1 Å². The summed E-state index contributed by atoms with van der Waals surface area (Å²) in [5.41, 5.74) is 3.27.